The molecule has 1 saturated carbocycles. The Morgan fingerprint density at radius 2 is 2.15 bits per heavy atom. The van der Waals surface area contributed by atoms with E-state index in [9.17, 15) is 10.1 Å². The highest BCUT2D eigenvalue weighted by atomic mass is 16.6. The Kier molecular flexibility index (Phi) is 4.47. The van der Waals surface area contributed by atoms with Gasteiger partial charge >= 0.3 is 5.69 Å². The van der Waals surface area contributed by atoms with Gasteiger partial charge in [-0.05, 0) is 37.3 Å². The Hall–Kier alpha value is -1.78. The lowest BCUT2D eigenvalue weighted by Crippen LogP contribution is -2.28. The summed E-state index contributed by atoms with van der Waals surface area (Å²) in [4.78, 5) is 13.4. The van der Waals surface area contributed by atoms with Crippen molar-refractivity contribution in [3.05, 3.63) is 28.3 Å². The highest BCUT2D eigenvalue weighted by Crippen LogP contribution is 2.40. The molecule has 0 aromatic heterocycles. The molecular weight excluding hydrogens is 254 g/mol. The van der Waals surface area contributed by atoms with Gasteiger partial charge in [-0.3, -0.25) is 10.1 Å². The Morgan fingerprint density at radius 3 is 2.65 bits per heavy atom. The fourth-order valence-electron chi connectivity index (χ4n) is 2.44. The second-order valence-electron chi connectivity index (χ2n) is 5.79. The van der Waals surface area contributed by atoms with Gasteiger partial charge in [-0.2, -0.15) is 0 Å². The first kappa shape index (κ1) is 14.6. The first-order valence-corrected chi connectivity index (χ1v) is 7.26. The average molecular weight is 277 g/mol. The molecule has 0 spiro atoms. The molecule has 0 heterocycles. The third-order valence-corrected chi connectivity index (χ3v) is 3.71. The molecule has 110 valence electrons. The molecule has 0 unspecified atom stereocenters. The molecule has 1 aliphatic rings. The van der Waals surface area contributed by atoms with Gasteiger partial charge in [-0.1, -0.05) is 19.9 Å². The lowest BCUT2D eigenvalue weighted by molar-refractivity contribution is -0.383. The Morgan fingerprint density at radius 1 is 1.45 bits per heavy atom. The fraction of sp³-hybridized carbons (Fsp3) is 0.600. The highest BCUT2D eigenvalue weighted by Gasteiger charge is 2.33. The van der Waals surface area contributed by atoms with E-state index in [4.69, 9.17) is 0 Å². The number of anilines is 2. The third-order valence-electron chi connectivity index (χ3n) is 3.71. The van der Waals surface area contributed by atoms with Crippen LogP contribution in [0.25, 0.3) is 0 Å². The summed E-state index contributed by atoms with van der Waals surface area (Å²) in [5.74, 6) is 0.600. The van der Waals surface area contributed by atoms with Crippen molar-refractivity contribution in [2.75, 3.05) is 23.8 Å². The second-order valence-corrected chi connectivity index (χ2v) is 5.79. The molecule has 5 nitrogen and oxygen atoms in total. The summed E-state index contributed by atoms with van der Waals surface area (Å²) in [6.07, 6.45) is 3.33. The lowest BCUT2D eigenvalue weighted by Gasteiger charge is -2.25. The van der Waals surface area contributed by atoms with Gasteiger partial charge in [0.2, 0.25) is 0 Å². The van der Waals surface area contributed by atoms with Gasteiger partial charge in [0.25, 0.3) is 0 Å². The van der Waals surface area contributed by atoms with Crippen molar-refractivity contribution >= 4 is 17.1 Å². The van der Waals surface area contributed by atoms with Gasteiger partial charge in [0, 0.05) is 19.6 Å². The summed E-state index contributed by atoms with van der Waals surface area (Å²) < 4.78 is 0. The molecule has 2 rings (SSSR count). The van der Waals surface area contributed by atoms with Crippen LogP contribution < -0.4 is 10.2 Å². The van der Waals surface area contributed by atoms with Gasteiger partial charge in [-0.25, -0.2) is 0 Å². The summed E-state index contributed by atoms with van der Waals surface area (Å²) in [5, 5.41) is 14.4. The van der Waals surface area contributed by atoms with Crippen molar-refractivity contribution in [3.63, 3.8) is 0 Å². The first-order chi connectivity index (χ1) is 9.54. The molecule has 1 aromatic rings. The SMILES string of the molecule is CNc1cccc(N(CCC(C)C)C2CC2)c1[N+](=O)[O-]. The number of hydrogen-bond acceptors (Lipinski definition) is 4. The summed E-state index contributed by atoms with van der Waals surface area (Å²) in [6, 6.07) is 5.99. The van der Waals surface area contributed by atoms with E-state index in [0.29, 0.717) is 17.6 Å². The first-order valence-electron chi connectivity index (χ1n) is 7.26. The molecule has 1 fully saturated rings. The number of rotatable bonds is 7. The van der Waals surface area contributed by atoms with Crippen LogP contribution in [-0.4, -0.2) is 24.6 Å². The Bertz CT molecular complexity index is 484. The number of nitrogens with zero attached hydrogens (tertiary/aromatic N) is 2. The van der Waals surface area contributed by atoms with Crippen LogP contribution in [-0.2, 0) is 0 Å². The van der Waals surface area contributed by atoms with E-state index in [1.807, 2.05) is 12.1 Å². The summed E-state index contributed by atoms with van der Waals surface area (Å²) in [5.41, 5.74) is 1.54. The van der Waals surface area contributed by atoms with Crippen LogP contribution in [0.5, 0.6) is 0 Å². The largest absolute Gasteiger partial charge is 0.382 e. The zero-order chi connectivity index (χ0) is 14.7. The molecule has 0 atom stereocenters. The topological polar surface area (TPSA) is 58.4 Å². The fourth-order valence-corrected chi connectivity index (χ4v) is 2.44. The van der Waals surface area contributed by atoms with E-state index in [2.05, 4.69) is 24.1 Å². The molecule has 1 aliphatic carbocycles. The lowest BCUT2D eigenvalue weighted by atomic mass is 10.1. The molecule has 0 amide bonds. The molecule has 0 saturated heterocycles. The number of benzene rings is 1. The van der Waals surface area contributed by atoms with E-state index in [1.54, 1.807) is 13.1 Å². The van der Waals surface area contributed by atoms with E-state index >= 15 is 0 Å². The monoisotopic (exact) mass is 277 g/mol. The molecule has 0 bridgehead atoms. The zero-order valence-electron chi connectivity index (χ0n) is 12.4. The maximum atomic E-state index is 11.4. The zero-order valence-corrected chi connectivity index (χ0v) is 12.4. The summed E-state index contributed by atoms with van der Waals surface area (Å²) in [6.45, 7) is 5.25. The molecule has 1 N–H and O–H groups in total. The van der Waals surface area contributed by atoms with E-state index < -0.39 is 0 Å². The molecule has 1 aromatic carbocycles. The Balaban J connectivity index is 2.34. The third kappa shape index (κ3) is 3.21. The van der Waals surface area contributed by atoms with Crippen LogP contribution in [0.4, 0.5) is 17.1 Å². The standard InChI is InChI=1S/C15H23N3O2/c1-11(2)9-10-17(12-7-8-12)14-6-4-5-13(16-3)15(14)18(19)20/h4-6,11-12,16H,7-10H2,1-3H3. The highest BCUT2D eigenvalue weighted by molar-refractivity contribution is 5.77. The van der Waals surface area contributed by atoms with E-state index in [0.717, 1.165) is 31.5 Å². The van der Waals surface area contributed by atoms with Crippen molar-refractivity contribution in [3.8, 4) is 0 Å². The molecule has 0 aliphatic heterocycles. The van der Waals surface area contributed by atoms with Crippen molar-refractivity contribution < 1.29 is 4.92 Å². The number of nitrogens with one attached hydrogen (secondary N) is 1. The minimum atomic E-state index is -0.272. The van der Waals surface area contributed by atoms with Gasteiger partial charge in [0.15, 0.2) is 0 Å². The Labute approximate surface area is 120 Å². The molecule has 20 heavy (non-hydrogen) atoms. The summed E-state index contributed by atoms with van der Waals surface area (Å²) >= 11 is 0. The van der Waals surface area contributed by atoms with Crippen molar-refractivity contribution in [1.29, 1.82) is 0 Å². The van der Waals surface area contributed by atoms with Gasteiger partial charge in [0.05, 0.1) is 4.92 Å². The molecule has 0 radical (unpaired) electrons. The average Bonchev–Trinajstić information content (AvgIpc) is 3.22. The number of para-hydroxylation sites is 1. The van der Waals surface area contributed by atoms with Crippen LogP contribution in [0, 0.1) is 16.0 Å². The van der Waals surface area contributed by atoms with Gasteiger partial charge < -0.3 is 10.2 Å². The number of nitro benzene ring substituents is 1. The smallest absolute Gasteiger partial charge is 0.315 e. The predicted molar refractivity (Wildman–Crippen MR) is 82.5 cm³/mol. The van der Waals surface area contributed by atoms with E-state index in [1.165, 1.54) is 0 Å². The second kappa shape index (κ2) is 6.11. The minimum absolute atomic E-state index is 0.200. The maximum absolute atomic E-state index is 11.4. The van der Waals surface area contributed by atoms with Crippen molar-refractivity contribution in [2.45, 2.75) is 39.2 Å². The van der Waals surface area contributed by atoms with Gasteiger partial charge in [-0.15, -0.1) is 0 Å². The van der Waals surface area contributed by atoms with Crippen LogP contribution in [0.2, 0.25) is 0 Å². The van der Waals surface area contributed by atoms with Crippen LogP contribution in [0.3, 0.4) is 0 Å². The van der Waals surface area contributed by atoms with E-state index in [-0.39, 0.29) is 10.6 Å². The summed E-state index contributed by atoms with van der Waals surface area (Å²) in [7, 11) is 1.72. The normalized spacial score (nSPS) is 14.4. The molecular formula is C15H23N3O2. The predicted octanol–water partition coefficient (Wildman–Crippen LogP) is 3.65. The molecule has 5 heteroatoms. The van der Waals surface area contributed by atoms with Crippen molar-refractivity contribution in [2.24, 2.45) is 5.92 Å². The van der Waals surface area contributed by atoms with Crippen LogP contribution in [0.15, 0.2) is 18.2 Å². The van der Waals surface area contributed by atoms with Crippen LogP contribution >= 0.6 is 0 Å². The minimum Gasteiger partial charge on any atom is -0.382 e. The number of hydrogen-bond donors (Lipinski definition) is 1. The quantitative estimate of drug-likeness (QED) is 0.610. The number of nitro groups is 1. The maximum Gasteiger partial charge on any atom is 0.315 e. The van der Waals surface area contributed by atoms with Crippen LogP contribution in [0.1, 0.15) is 33.1 Å². The van der Waals surface area contributed by atoms with Gasteiger partial charge in [0.1, 0.15) is 11.4 Å². The van der Waals surface area contributed by atoms with Crippen molar-refractivity contribution in [1.82, 2.24) is 0 Å².